The van der Waals surface area contributed by atoms with E-state index in [2.05, 4.69) is 9.97 Å². The highest BCUT2D eigenvalue weighted by Gasteiger charge is 2.07. The number of aromatic amines is 1. The Labute approximate surface area is 122 Å². The van der Waals surface area contributed by atoms with Crippen molar-refractivity contribution in [2.75, 3.05) is 0 Å². The van der Waals surface area contributed by atoms with Gasteiger partial charge in [-0.1, -0.05) is 23.7 Å². The predicted molar refractivity (Wildman–Crippen MR) is 82.3 cm³/mol. The van der Waals surface area contributed by atoms with Gasteiger partial charge in [-0.05, 0) is 44.2 Å². The molecule has 0 radical (unpaired) electrons. The van der Waals surface area contributed by atoms with Crippen LogP contribution in [0.25, 0.3) is 22.4 Å². The number of nitrogens with zero attached hydrogens (tertiary/aromatic N) is 1. The minimum Gasteiger partial charge on any atom is -0.491 e. The van der Waals surface area contributed by atoms with Gasteiger partial charge < -0.3 is 9.72 Å². The van der Waals surface area contributed by atoms with Crippen molar-refractivity contribution in [3.63, 3.8) is 0 Å². The molecule has 1 N–H and O–H groups in total. The zero-order chi connectivity index (χ0) is 14.1. The van der Waals surface area contributed by atoms with E-state index in [-0.39, 0.29) is 6.10 Å². The zero-order valence-electron chi connectivity index (χ0n) is 11.4. The normalized spacial score (nSPS) is 11.2. The van der Waals surface area contributed by atoms with Crippen molar-refractivity contribution in [3.05, 3.63) is 47.5 Å². The van der Waals surface area contributed by atoms with Crippen LogP contribution in [-0.4, -0.2) is 16.1 Å². The van der Waals surface area contributed by atoms with Crippen LogP contribution in [0.15, 0.2) is 42.5 Å². The van der Waals surface area contributed by atoms with Crippen LogP contribution in [-0.2, 0) is 0 Å². The number of ether oxygens (including phenoxy) is 1. The molecule has 0 atom stereocenters. The molecule has 2 aromatic carbocycles. The summed E-state index contributed by atoms with van der Waals surface area (Å²) >= 11 is 5.99. The average Bonchev–Trinajstić information content (AvgIpc) is 2.81. The molecule has 3 nitrogen and oxygen atoms in total. The summed E-state index contributed by atoms with van der Waals surface area (Å²) in [6.45, 7) is 4.02. The minimum absolute atomic E-state index is 0.153. The molecular weight excluding hydrogens is 272 g/mol. The number of H-pyrrole nitrogens is 1. The monoisotopic (exact) mass is 286 g/mol. The maximum absolute atomic E-state index is 5.99. The van der Waals surface area contributed by atoms with Gasteiger partial charge in [-0.3, -0.25) is 0 Å². The van der Waals surface area contributed by atoms with Crippen molar-refractivity contribution in [3.8, 4) is 17.1 Å². The highest BCUT2D eigenvalue weighted by Crippen LogP contribution is 2.25. The fourth-order valence-electron chi connectivity index (χ4n) is 2.11. The van der Waals surface area contributed by atoms with E-state index in [4.69, 9.17) is 16.3 Å². The molecule has 3 aromatic rings. The molecular formula is C16H15ClN2O. The summed E-state index contributed by atoms with van der Waals surface area (Å²) in [5, 5.41) is 0.699. The van der Waals surface area contributed by atoms with E-state index in [1.165, 1.54) is 0 Å². The number of rotatable bonds is 3. The van der Waals surface area contributed by atoms with E-state index in [9.17, 15) is 0 Å². The lowest BCUT2D eigenvalue weighted by Crippen LogP contribution is -2.05. The van der Waals surface area contributed by atoms with Gasteiger partial charge in [0.1, 0.15) is 11.6 Å². The number of aromatic nitrogens is 2. The second kappa shape index (κ2) is 5.17. The molecule has 0 fully saturated rings. The number of fused-ring (bicyclic) bond motifs is 1. The van der Waals surface area contributed by atoms with Crippen LogP contribution in [0.5, 0.6) is 5.75 Å². The molecule has 1 heterocycles. The molecule has 0 aliphatic rings. The summed E-state index contributed by atoms with van der Waals surface area (Å²) in [5.41, 5.74) is 2.83. The third kappa shape index (κ3) is 2.63. The lowest BCUT2D eigenvalue weighted by Gasteiger charge is -2.10. The van der Waals surface area contributed by atoms with E-state index in [0.29, 0.717) is 5.02 Å². The third-order valence-electron chi connectivity index (χ3n) is 2.92. The summed E-state index contributed by atoms with van der Waals surface area (Å²) < 4.78 is 5.71. The molecule has 0 aliphatic carbocycles. The summed E-state index contributed by atoms with van der Waals surface area (Å²) in [7, 11) is 0. The highest BCUT2D eigenvalue weighted by molar-refractivity contribution is 6.31. The molecule has 0 saturated carbocycles. The van der Waals surface area contributed by atoms with Gasteiger partial charge in [0.05, 0.1) is 17.1 Å². The van der Waals surface area contributed by atoms with E-state index in [0.717, 1.165) is 28.2 Å². The Balaban J connectivity index is 2.01. The Hall–Kier alpha value is -2.00. The Morgan fingerprint density at radius 1 is 1.15 bits per heavy atom. The van der Waals surface area contributed by atoms with E-state index in [1.54, 1.807) is 0 Å². The molecule has 1 aromatic heterocycles. The largest absolute Gasteiger partial charge is 0.491 e. The highest BCUT2D eigenvalue weighted by atomic mass is 35.5. The first-order valence-corrected chi connectivity index (χ1v) is 6.92. The van der Waals surface area contributed by atoms with Gasteiger partial charge in [-0.15, -0.1) is 0 Å². The molecule has 0 bridgehead atoms. The predicted octanol–water partition coefficient (Wildman–Crippen LogP) is 4.67. The Morgan fingerprint density at radius 3 is 2.80 bits per heavy atom. The van der Waals surface area contributed by atoms with Gasteiger partial charge in [-0.2, -0.15) is 0 Å². The van der Waals surface area contributed by atoms with Gasteiger partial charge in [-0.25, -0.2) is 4.98 Å². The molecule has 102 valence electrons. The maximum Gasteiger partial charge on any atom is 0.138 e. The van der Waals surface area contributed by atoms with Crippen LogP contribution in [0, 0.1) is 0 Å². The Kier molecular flexibility index (Phi) is 3.36. The fraction of sp³-hybridized carbons (Fsp3) is 0.188. The van der Waals surface area contributed by atoms with Gasteiger partial charge in [0.15, 0.2) is 0 Å². The number of halogens is 1. The molecule has 20 heavy (non-hydrogen) atoms. The molecule has 3 rings (SSSR count). The van der Waals surface area contributed by atoms with Crippen molar-refractivity contribution >= 4 is 22.6 Å². The van der Waals surface area contributed by atoms with Crippen molar-refractivity contribution in [2.45, 2.75) is 20.0 Å². The lowest BCUT2D eigenvalue weighted by molar-refractivity contribution is 0.242. The van der Waals surface area contributed by atoms with Crippen molar-refractivity contribution in [2.24, 2.45) is 0 Å². The second-order valence-corrected chi connectivity index (χ2v) is 5.38. The second-order valence-electron chi connectivity index (χ2n) is 4.94. The van der Waals surface area contributed by atoms with Crippen LogP contribution in [0.3, 0.4) is 0 Å². The molecule has 0 aliphatic heterocycles. The van der Waals surface area contributed by atoms with Crippen LogP contribution in [0.1, 0.15) is 13.8 Å². The summed E-state index contributed by atoms with van der Waals surface area (Å²) in [6.07, 6.45) is 0.153. The third-order valence-corrected chi connectivity index (χ3v) is 3.16. The van der Waals surface area contributed by atoms with Crippen molar-refractivity contribution in [1.29, 1.82) is 0 Å². The van der Waals surface area contributed by atoms with Gasteiger partial charge in [0.2, 0.25) is 0 Å². The van der Waals surface area contributed by atoms with E-state index < -0.39 is 0 Å². The number of hydrogen-bond donors (Lipinski definition) is 1. The summed E-state index contributed by atoms with van der Waals surface area (Å²) in [4.78, 5) is 7.86. The van der Waals surface area contributed by atoms with Crippen LogP contribution in [0.4, 0.5) is 0 Å². The minimum atomic E-state index is 0.153. The van der Waals surface area contributed by atoms with Crippen LogP contribution >= 0.6 is 11.6 Å². The van der Waals surface area contributed by atoms with Crippen molar-refractivity contribution < 1.29 is 4.74 Å². The number of hydrogen-bond acceptors (Lipinski definition) is 2. The first-order chi connectivity index (χ1) is 9.61. The van der Waals surface area contributed by atoms with Gasteiger partial charge in [0.25, 0.3) is 0 Å². The van der Waals surface area contributed by atoms with Gasteiger partial charge in [0, 0.05) is 10.6 Å². The SMILES string of the molecule is CC(C)Oc1cccc(-c2nc3ccc(Cl)cc3[nH]2)c1. The van der Waals surface area contributed by atoms with E-state index >= 15 is 0 Å². The Bertz CT molecular complexity index is 749. The van der Waals surface area contributed by atoms with Gasteiger partial charge >= 0.3 is 0 Å². The van der Waals surface area contributed by atoms with Crippen LogP contribution in [0.2, 0.25) is 5.02 Å². The first-order valence-electron chi connectivity index (χ1n) is 6.54. The van der Waals surface area contributed by atoms with Crippen molar-refractivity contribution in [1.82, 2.24) is 9.97 Å². The Morgan fingerprint density at radius 2 is 2.00 bits per heavy atom. The zero-order valence-corrected chi connectivity index (χ0v) is 12.1. The summed E-state index contributed by atoms with van der Waals surface area (Å²) in [6, 6.07) is 13.5. The molecule has 0 saturated heterocycles. The maximum atomic E-state index is 5.99. The summed E-state index contributed by atoms with van der Waals surface area (Å²) in [5.74, 6) is 1.66. The topological polar surface area (TPSA) is 37.9 Å². The molecule has 0 amide bonds. The smallest absolute Gasteiger partial charge is 0.138 e. The standard InChI is InChI=1S/C16H15ClN2O/c1-10(2)20-13-5-3-4-11(8-13)16-18-14-7-6-12(17)9-15(14)19-16/h3-10H,1-2H3,(H,18,19). The quantitative estimate of drug-likeness (QED) is 0.760. The first kappa shape index (κ1) is 13.0. The molecule has 0 spiro atoms. The molecule has 0 unspecified atom stereocenters. The fourth-order valence-corrected chi connectivity index (χ4v) is 2.28. The number of nitrogens with one attached hydrogen (secondary N) is 1. The number of imidazole rings is 1. The average molecular weight is 287 g/mol. The van der Waals surface area contributed by atoms with E-state index in [1.807, 2.05) is 56.3 Å². The lowest BCUT2D eigenvalue weighted by atomic mass is 10.2. The molecule has 4 heteroatoms. The number of benzene rings is 2. The van der Waals surface area contributed by atoms with Crippen LogP contribution < -0.4 is 4.74 Å².